The average Bonchev–Trinajstić information content (AvgIpc) is 2.03. The van der Waals surface area contributed by atoms with Crippen LogP contribution in [-0.2, 0) is 6.42 Å². The Morgan fingerprint density at radius 2 is 2.33 bits per heavy atom. The van der Waals surface area contributed by atoms with E-state index in [4.69, 9.17) is 10.8 Å². The van der Waals surface area contributed by atoms with Gasteiger partial charge in [0.15, 0.2) is 0 Å². The Morgan fingerprint density at radius 3 is 2.83 bits per heavy atom. The summed E-state index contributed by atoms with van der Waals surface area (Å²) >= 11 is 0. The van der Waals surface area contributed by atoms with Gasteiger partial charge >= 0.3 is 0 Å². The van der Waals surface area contributed by atoms with Gasteiger partial charge in [-0.3, -0.25) is 0 Å². The molecule has 12 heavy (non-hydrogen) atoms. The first-order chi connectivity index (χ1) is 5.68. The van der Waals surface area contributed by atoms with Crippen LogP contribution in [-0.4, -0.2) is 16.2 Å². The molecule has 0 aromatic carbocycles. The van der Waals surface area contributed by atoms with Gasteiger partial charge in [0.25, 0.3) is 0 Å². The molecule has 1 heterocycles. The average molecular weight is 166 g/mol. The second kappa shape index (κ2) is 4.07. The van der Waals surface area contributed by atoms with E-state index in [1.807, 2.05) is 6.07 Å². The minimum absolute atomic E-state index is 0.248. The summed E-state index contributed by atoms with van der Waals surface area (Å²) in [7, 11) is 0. The Hall–Kier alpha value is -1.09. The molecule has 0 spiro atoms. The lowest BCUT2D eigenvalue weighted by Gasteiger charge is -2.03. The highest BCUT2D eigenvalue weighted by molar-refractivity contribution is 5.29. The minimum Gasteiger partial charge on any atom is -0.393 e. The number of rotatable bonds is 3. The van der Waals surface area contributed by atoms with Crippen molar-refractivity contribution in [2.75, 3.05) is 5.73 Å². The molecule has 0 bridgehead atoms. The third-order valence-corrected chi connectivity index (χ3v) is 1.70. The van der Waals surface area contributed by atoms with Crippen LogP contribution in [0.4, 0.5) is 5.82 Å². The van der Waals surface area contributed by atoms with Gasteiger partial charge in [0, 0.05) is 6.20 Å². The van der Waals surface area contributed by atoms with E-state index in [1.165, 1.54) is 0 Å². The van der Waals surface area contributed by atoms with E-state index in [0.29, 0.717) is 5.82 Å². The second-order valence-corrected chi connectivity index (χ2v) is 2.98. The highest BCUT2D eigenvalue weighted by atomic mass is 16.3. The van der Waals surface area contributed by atoms with Gasteiger partial charge in [-0.25, -0.2) is 4.98 Å². The van der Waals surface area contributed by atoms with Crippen LogP contribution in [0.2, 0.25) is 0 Å². The maximum atomic E-state index is 9.02. The summed E-state index contributed by atoms with van der Waals surface area (Å²) in [6.07, 6.45) is 3.12. The van der Waals surface area contributed by atoms with E-state index < -0.39 is 0 Å². The minimum atomic E-state index is -0.248. The fourth-order valence-corrected chi connectivity index (χ4v) is 0.959. The summed E-state index contributed by atoms with van der Waals surface area (Å²) in [5, 5.41) is 9.02. The lowest BCUT2D eigenvalue weighted by atomic mass is 10.1. The van der Waals surface area contributed by atoms with Crippen molar-refractivity contribution in [3.05, 3.63) is 23.9 Å². The lowest BCUT2D eigenvalue weighted by Crippen LogP contribution is -2.01. The van der Waals surface area contributed by atoms with Crippen molar-refractivity contribution in [3.63, 3.8) is 0 Å². The summed E-state index contributed by atoms with van der Waals surface area (Å²) in [5.41, 5.74) is 6.54. The number of nitrogens with zero attached hydrogens (tertiary/aromatic N) is 1. The van der Waals surface area contributed by atoms with Gasteiger partial charge < -0.3 is 10.8 Å². The molecule has 1 atom stereocenters. The molecule has 66 valence electrons. The van der Waals surface area contributed by atoms with Crippen molar-refractivity contribution in [1.29, 1.82) is 0 Å². The van der Waals surface area contributed by atoms with Crippen LogP contribution in [0, 0.1) is 0 Å². The van der Waals surface area contributed by atoms with E-state index in [-0.39, 0.29) is 6.10 Å². The molecular weight excluding hydrogens is 152 g/mol. The summed E-state index contributed by atoms with van der Waals surface area (Å²) in [6, 6.07) is 3.71. The summed E-state index contributed by atoms with van der Waals surface area (Å²) in [6.45, 7) is 1.78. The zero-order chi connectivity index (χ0) is 8.97. The van der Waals surface area contributed by atoms with E-state index in [2.05, 4.69) is 4.98 Å². The number of hydrogen-bond donors (Lipinski definition) is 2. The standard InChI is InChI=1S/C9H14N2O/c1-7(12)2-3-8-4-5-9(10)11-6-8/h4-7,12H,2-3H2,1H3,(H2,10,11). The van der Waals surface area contributed by atoms with E-state index >= 15 is 0 Å². The van der Waals surface area contributed by atoms with Crippen LogP contribution in [0.15, 0.2) is 18.3 Å². The maximum absolute atomic E-state index is 9.02. The number of aliphatic hydroxyl groups excluding tert-OH is 1. The highest BCUT2D eigenvalue weighted by Crippen LogP contribution is 2.05. The first-order valence-corrected chi connectivity index (χ1v) is 4.07. The fourth-order valence-electron chi connectivity index (χ4n) is 0.959. The van der Waals surface area contributed by atoms with Gasteiger partial charge in [0.05, 0.1) is 6.10 Å². The van der Waals surface area contributed by atoms with Gasteiger partial charge in [0.2, 0.25) is 0 Å². The van der Waals surface area contributed by atoms with Crippen LogP contribution < -0.4 is 5.73 Å². The Labute approximate surface area is 72.2 Å². The number of aliphatic hydroxyl groups is 1. The molecule has 1 rings (SSSR count). The normalized spacial score (nSPS) is 12.8. The maximum Gasteiger partial charge on any atom is 0.123 e. The molecule has 3 nitrogen and oxygen atoms in total. The predicted molar refractivity (Wildman–Crippen MR) is 48.7 cm³/mol. The zero-order valence-electron chi connectivity index (χ0n) is 7.20. The first-order valence-electron chi connectivity index (χ1n) is 4.07. The Bertz CT molecular complexity index is 231. The SMILES string of the molecule is CC(O)CCc1ccc(N)nc1. The van der Waals surface area contributed by atoms with Gasteiger partial charge in [-0.15, -0.1) is 0 Å². The van der Waals surface area contributed by atoms with Gasteiger partial charge in [-0.05, 0) is 31.4 Å². The van der Waals surface area contributed by atoms with Crippen LogP contribution in [0.3, 0.4) is 0 Å². The Balaban J connectivity index is 2.48. The van der Waals surface area contributed by atoms with Crippen LogP contribution >= 0.6 is 0 Å². The molecule has 1 unspecified atom stereocenters. The summed E-state index contributed by atoms with van der Waals surface area (Å²) in [5.74, 6) is 0.538. The lowest BCUT2D eigenvalue weighted by molar-refractivity contribution is 0.185. The zero-order valence-corrected chi connectivity index (χ0v) is 7.20. The molecule has 3 N–H and O–H groups in total. The third-order valence-electron chi connectivity index (χ3n) is 1.70. The van der Waals surface area contributed by atoms with Crippen LogP contribution in [0.25, 0.3) is 0 Å². The summed E-state index contributed by atoms with van der Waals surface area (Å²) in [4.78, 5) is 3.95. The van der Waals surface area contributed by atoms with Crippen molar-refractivity contribution in [1.82, 2.24) is 4.98 Å². The van der Waals surface area contributed by atoms with Gasteiger partial charge in [-0.2, -0.15) is 0 Å². The Morgan fingerprint density at radius 1 is 1.58 bits per heavy atom. The van der Waals surface area contributed by atoms with Crippen molar-refractivity contribution in [3.8, 4) is 0 Å². The van der Waals surface area contributed by atoms with Crippen molar-refractivity contribution < 1.29 is 5.11 Å². The van der Waals surface area contributed by atoms with Crippen molar-refractivity contribution >= 4 is 5.82 Å². The quantitative estimate of drug-likeness (QED) is 0.703. The third kappa shape index (κ3) is 2.88. The van der Waals surface area contributed by atoms with Crippen molar-refractivity contribution in [2.45, 2.75) is 25.9 Å². The van der Waals surface area contributed by atoms with Crippen molar-refractivity contribution in [2.24, 2.45) is 0 Å². The molecular formula is C9H14N2O. The monoisotopic (exact) mass is 166 g/mol. The Kier molecular flexibility index (Phi) is 3.05. The van der Waals surface area contributed by atoms with E-state index in [1.54, 1.807) is 19.2 Å². The van der Waals surface area contributed by atoms with Crippen LogP contribution in [0.5, 0.6) is 0 Å². The molecule has 1 aromatic rings. The predicted octanol–water partition coefficient (Wildman–Crippen LogP) is 0.977. The molecule has 0 radical (unpaired) electrons. The topological polar surface area (TPSA) is 59.1 Å². The number of nitrogens with two attached hydrogens (primary N) is 1. The molecule has 1 aromatic heterocycles. The van der Waals surface area contributed by atoms with E-state index in [0.717, 1.165) is 18.4 Å². The molecule has 3 heteroatoms. The van der Waals surface area contributed by atoms with Gasteiger partial charge in [0.1, 0.15) is 5.82 Å². The van der Waals surface area contributed by atoms with E-state index in [9.17, 15) is 0 Å². The smallest absolute Gasteiger partial charge is 0.123 e. The second-order valence-electron chi connectivity index (χ2n) is 2.98. The number of anilines is 1. The molecule has 0 fully saturated rings. The molecule has 0 aliphatic carbocycles. The number of aryl methyl sites for hydroxylation is 1. The fraction of sp³-hybridized carbons (Fsp3) is 0.444. The highest BCUT2D eigenvalue weighted by Gasteiger charge is 1.97. The number of aromatic nitrogens is 1. The van der Waals surface area contributed by atoms with Crippen LogP contribution in [0.1, 0.15) is 18.9 Å². The van der Waals surface area contributed by atoms with Gasteiger partial charge in [-0.1, -0.05) is 6.07 Å². The first kappa shape index (κ1) is 9.00. The number of hydrogen-bond acceptors (Lipinski definition) is 3. The molecule has 0 saturated carbocycles. The molecule has 0 aliphatic heterocycles. The largest absolute Gasteiger partial charge is 0.393 e. The summed E-state index contributed by atoms with van der Waals surface area (Å²) < 4.78 is 0. The number of nitrogen functional groups attached to an aromatic ring is 1. The molecule has 0 saturated heterocycles. The molecule has 0 amide bonds. The number of pyridine rings is 1. The molecule has 0 aliphatic rings.